The number of piperazine rings is 1. The normalized spacial score (nSPS) is 15.5. The number of methoxy groups -OCH3 is 1. The molecule has 0 saturated carbocycles. The van der Waals surface area contributed by atoms with Gasteiger partial charge in [0.05, 0.1) is 13.7 Å². The molecule has 26 heavy (non-hydrogen) atoms. The highest BCUT2D eigenvalue weighted by Gasteiger charge is 2.21. The molecule has 0 radical (unpaired) electrons. The molecule has 0 unspecified atom stereocenters. The van der Waals surface area contributed by atoms with Gasteiger partial charge in [0, 0.05) is 49.9 Å². The second kappa shape index (κ2) is 7.29. The number of aromatic nitrogens is 3. The number of aryl methyl sites for hydroxylation is 1. The van der Waals surface area contributed by atoms with Crippen molar-refractivity contribution in [3.05, 3.63) is 42.2 Å². The van der Waals surface area contributed by atoms with Gasteiger partial charge in [-0.05, 0) is 12.1 Å². The lowest BCUT2D eigenvalue weighted by Crippen LogP contribution is -2.46. The zero-order valence-corrected chi connectivity index (χ0v) is 15.2. The third-order valence-corrected chi connectivity index (χ3v) is 4.82. The average molecular weight is 353 g/mol. The van der Waals surface area contributed by atoms with Crippen molar-refractivity contribution in [2.75, 3.05) is 38.2 Å². The molecule has 1 aliphatic rings. The number of hydrogen-bond donors (Lipinski definition) is 0. The van der Waals surface area contributed by atoms with Gasteiger partial charge in [-0.15, -0.1) is 0 Å². The Kier molecular flexibility index (Phi) is 4.71. The predicted octanol–water partition coefficient (Wildman–Crippen LogP) is 2.51. The fourth-order valence-corrected chi connectivity index (χ4v) is 3.42. The molecular weight excluding hydrogens is 330 g/mol. The Morgan fingerprint density at radius 2 is 2.00 bits per heavy atom. The number of pyridine rings is 1. The summed E-state index contributed by atoms with van der Waals surface area (Å²) in [6, 6.07) is 8.17. The van der Waals surface area contributed by atoms with E-state index >= 15 is 0 Å². The van der Waals surface area contributed by atoms with Crippen molar-refractivity contribution in [2.24, 2.45) is 0 Å². The zero-order valence-electron chi connectivity index (χ0n) is 15.2. The van der Waals surface area contributed by atoms with Crippen LogP contribution in [0.2, 0.25) is 0 Å². The molecule has 0 spiro atoms. The zero-order chi connectivity index (χ0) is 17.9. The number of nitrogens with zero attached hydrogens (tertiary/aromatic N) is 5. The van der Waals surface area contributed by atoms with Crippen LogP contribution in [0.4, 0.5) is 5.69 Å². The van der Waals surface area contributed by atoms with E-state index in [0.717, 1.165) is 61.6 Å². The molecule has 7 heteroatoms. The van der Waals surface area contributed by atoms with Crippen LogP contribution in [-0.2, 0) is 13.0 Å². The summed E-state index contributed by atoms with van der Waals surface area (Å²) in [5, 5.41) is 5.19. The largest absolute Gasteiger partial charge is 0.494 e. The first-order valence-corrected chi connectivity index (χ1v) is 8.99. The summed E-state index contributed by atoms with van der Waals surface area (Å²) in [5.41, 5.74) is 2.12. The van der Waals surface area contributed by atoms with E-state index in [0.29, 0.717) is 5.89 Å². The van der Waals surface area contributed by atoms with Crippen LogP contribution in [0.1, 0.15) is 18.6 Å². The molecule has 0 atom stereocenters. The summed E-state index contributed by atoms with van der Waals surface area (Å²) >= 11 is 0. The van der Waals surface area contributed by atoms with Gasteiger partial charge in [-0.2, -0.15) is 4.98 Å². The number of fused-ring (bicyclic) bond motifs is 1. The van der Waals surface area contributed by atoms with Crippen LogP contribution < -0.4 is 9.64 Å². The van der Waals surface area contributed by atoms with Crippen molar-refractivity contribution in [3.8, 4) is 5.75 Å². The van der Waals surface area contributed by atoms with Gasteiger partial charge >= 0.3 is 0 Å². The molecule has 7 nitrogen and oxygen atoms in total. The molecule has 0 aliphatic carbocycles. The molecule has 3 aromatic rings. The van der Waals surface area contributed by atoms with Gasteiger partial charge in [0.15, 0.2) is 5.82 Å². The first kappa shape index (κ1) is 16.8. The molecule has 0 bridgehead atoms. The van der Waals surface area contributed by atoms with E-state index in [1.807, 2.05) is 25.3 Å². The Morgan fingerprint density at radius 3 is 2.73 bits per heavy atom. The standard InChI is InChI=1S/C19H23N5O2/c1-3-18-21-17(22-26-18)13-23-9-11-24(12-10-23)15-7-8-20-19-14(15)5-4-6-16(19)25-2/h4-8H,3,9-13H2,1-2H3. The molecule has 1 aliphatic heterocycles. The van der Waals surface area contributed by atoms with Gasteiger partial charge < -0.3 is 14.2 Å². The lowest BCUT2D eigenvalue weighted by molar-refractivity contribution is 0.240. The maximum Gasteiger partial charge on any atom is 0.226 e. The minimum Gasteiger partial charge on any atom is -0.494 e. The summed E-state index contributed by atoms with van der Waals surface area (Å²) in [5.74, 6) is 2.29. The number of hydrogen-bond acceptors (Lipinski definition) is 7. The lowest BCUT2D eigenvalue weighted by Gasteiger charge is -2.36. The number of para-hydroxylation sites is 1. The molecular formula is C19H23N5O2. The topological polar surface area (TPSA) is 67.5 Å². The maximum absolute atomic E-state index is 5.45. The van der Waals surface area contributed by atoms with Gasteiger partial charge in [-0.25, -0.2) is 0 Å². The van der Waals surface area contributed by atoms with E-state index in [9.17, 15) is 0 Å². The lowest BCUT2D eigenvalue weighted by atomic mass is 10.1. The Hall–Kier alpha value is -2.67. The molecule has 2 aromatic heterocycles. The third-order valence-electron chi connectivity index (χ3n) is 4.82. The number of ether oxygens (including phenoxy) is 1. The van der Waals surface area contributed by atoms with Crippen molar-refractivity contribution < 1.29 is 9.26 Å². The summed E-state index contributed by atoms with van der Waals surface area (Å²) in [6.07, 6.45) is 2.64. The molecule has 136 valence electrons. The Bertz CT molecular complexity index is 887. The molecule has 1 saturated heterocycles. The first-order valence-electron chi connectivity index (χ1n) is 8.99. The van der Waals surface area contributed by atoms with E-state index in [4.69, 9.17) is 9.26 Å². The average Bonchev–Trinajstić information content (AvgIpc) is 3.15. The van der Waals surface area contributed by atoms with Crippen LogP contribution in [0, 0.1) is 0 Å². The van der Waals surface area contributed by atoms with Gasteiger partial charge in [-0.3, -0.25) is 9.88 Å². The number of rotatable bonds is 5. The maximum atomic E-state index is 5.45. The second-order valence-electron chi connectivity index (χ2n) is 6.41. The van der Waals surface area contributed by atoms with Crippen LogP contribution in [-0.4, -0.2) is 53.3 Å². The summed E-state index contributed by atoms with van der Waals surface area (Å²) in [6.45, 7) is 6.59. The van der Waals surface area contributed by atoms with Crippen LogP contribution in [0.25, 0.3) is 10.9 Å². The predicted molar refractivity (Wildman–Crippen MR) is 99.5 cm³/mol. The molecule has 4 rings (SSSR count). The Morgan fingerprint density at radius 1 is 1.15 bits per heavy atom. The minimum absolute atomic E-state index is 0.704. The molecule has 0 N–H and O–H groups in total. The van der Waals surface area contributed by atoms with Crippen molar-refractivity contribution in [2.45, 2.75) is 19.9 Å². The van der Waals surface area contributed by atoms with E-state index in [1.165, 1.54) is 5.69 Å². The summed E-state index contributed by atoms with van der Waals surface area (Å²) in [4.78, 5) is 13.7. The summed E-state index contributed by atoms with van der Waals surface area (Å²) < 4.78 is 10.7. The van der Waals surface area contributed by atoms with Crippen LogP contribution in [0.5, 0.6) is 5.75 Å². The van der Waals surface area contributed by atoms with E-state index in [1.54, 1.807) is 7.11 Å². The molecule has 3 heterocycles. The summed E-state index contributed by atoms with van der Waals surface area (Å²) in [7, 11) is 1.68. The highest BCUT2D eigenvalue weighted by atomic mass is 16.5. The molecule has 0 amide bonds. The Labute approximate surface area is 152 Å². The minimum atomic E-state index is 0.704. The number of anilines is 1. The first-order chi connectivity index (χ1) is 12.8. The van der Waals surface area contributed by atoms with Crippen molar-refractivity contribution >= 4 is 16.6 Å². The SMILES string of the molecule is CCc1nc(CN2CCN(c3ccnc4c(OC)cccc34)CC2)no1. The monoisotopic (exact) mass is 353 g/mol. The Balaban J connectivity index is 1.47. The van der Waals surface area contributed by atoms with Crippen LogP contribution in [0.15, 0.2) is 35.0 Å². The fraction of sp³-hybridized carbons (Fsp3) is 0.421. The quantitative estimate of drug-likeness (QED) is 0.698. The van der Waals surface area contributed by atoms with E-state index in [-0.39, 0.29) is 0 Å². The van der Waals surface area contributed by atoms with Crippen molar-refractivity contribution in [1.29, 1.82) is 0 Å². The smallest absolute Gasteiger partial charge is 0.226 e. The fourth-order valence-electron chi connectivity index (χ4n) is 3.42. The number of benzene rings is 1. The van der Waals surface area contributed by atoms with Crippen molar-refractivity contribution in [3.63, 3.8) is 0 Å². The molecule has 1 fully saturated rings. The van der Waals surface area contributed by atoms with Gasteiger partial charge in [0.25, 0.3) is 0 Å². The van der Waals surface area contributed by atoms with Gasteiger partial charge in [-0.1, -0.05) is 24.2 Å². The van der Waals surface area contributed by atoms with E-state index in [2.05, 4.69) is 37.1 Å². The third kappa shape index (κ3) is 3.22. The van der Waals surface area contributed by atoms with Gasteiger partial charge in [0.1, 0.15) is 11.3 Å². The van der Waals surface area contributed by atoms with Gasteiger partial charge in [0.2, 0.25) is 5.89 Å². The highest BCUT2D eigenvalue weighted by Crippen LogP contribution is 2.31. The van der Waals surface area contributed by atoms with E-state index < -0.39 is 0 Å². The second-order valence-corrected chi connectivity index (χ2v) is 6.41. The van der Waals surface area contributed by atoms with Crippen LogP contribution >= 0.6 is 0 Å². The van der Waals surface area contributed by atoms with Crippen molar-refractivity contribution in [1.82, 2.24) is 20.0 Å². The highest BCUT2D eigenvalue weighted by molar-refractivity contribution is 5.95. The van der Waals surface area contributed by atoms with Crippen LogP contribution in [0.3, 0.4) is 0 Å². The molecule has 1 aromatic carbocycles.